The van der Waals surface area contributed by atoms with E-state index in [0.29, 0.717) is 42.9 Å². The lowest BCUT2D eigenvalue weighted by Crippen LogP contribution is -2.10. The first kappa shape index (κ1) is 18.4. The summed E-state index contributed by atoms with van der Waals surface area (Å²) in [6.07, 6.45) is 4.85. The Morgan fingerprint density at radius 3 is 2.44 bits per heavy atom. The smallest absolute Gasteiger partial charge is 0.354 e. The van der Waals surface area contributed by atoms with E-state index in [1.807, 2.05) is 19.1 Å². The van der Waals surface area contributed by atoms with Crippen molar-refractivity contribution in [1.82, 2.24) is 19.6 Å². The van der Waals surface area contributed by atoms with Crippen molar-refractivity contribution in [2.75, 3.05) is 0 Å². The molecule has 134 valence electrons. The van der Waals surface area contributed by atoms with Gasteiger partial charge in [-0.15, -0.1) is 0 Å². The highest BCUT2D eigenvalue weighted by atomic mass is 16.4. The molecule has 0 aliphatic rings. The zero-order valence-electron chi connectivity index (χ0n) is 14.6. The molecule has 2 N–H and O–H groups in total. The average Bonchev–Trinajstić information content (AvgIpc) is 3.07. The van der Waals surface area contributed by atoms with Crippen molar-refractivity contribution in [2.45, 2.75) is 46.7 Å². The van der Waals surface area contributed by atoms with Crippen LogP contribution in [0.25, 0.3) is 0 Å². The molecule has 2 rings (SSSR count). The molecule has 0 aliphatic heterocycles. The van der Waals surface area contributed by atoms with Gasteiger partial charge in [-0.1, -0.05) is 12.2 Å². The zero-order valence-corrected chi connectivity index (χ0v) is 14.6. The van der Waals surface area contributed by atoms with Crippen LogP contribution in [-0.4, -0.2) is 41.7 Å². The van der Waals surface area contributed by atoms with Gasteiger partial charge in [0.1, 0.15) is 11.4 Å². The third-order valence-corrected chi connectivity index (χ3v) is 3.87. The summed E-state index contributed by atoms with van der Waals surface area (Å²) in [6.45, 7) is 6.35. The van der Waals surface area contributed by atoms with Crippen molar-refractivity contribution in [2.24, 2.45) is 0 Å². The molecule has 0 radical (unpaired) electrons. The maximum atomic E-state index is 11.4. The Kier molecular flexibility index (Phi) is 5.74. The molecule has 0 spiro atoms. The molecule has 0 saturated carbocycles. The first-order chi connectivity index (χ1) is 11.8. The molecule has 2 aromatic heterocycles. The van der Waals surface area contributed by atoms with E-state index in [9.17, 15) is 14.7 Å². The molecule has 8 nitrogen and oxygen atoms in total. The minimum atomic E-state index is -1.00. The lowest BCUT2D eigenvalue weighted by Gasteiger charge is -2.02. The van der Waals surface area contributed by atoms with Gasteiger partial charge >= 0.3 is 11.9 Å². The summed E-state index contributed by atoms with van der Waals surface area (Å²) in [4.78, 5) is 22.6. The molecule has 0 aromatic carbocycles. The van der Waals surface area contributed by atoms with Gasteiger partial charge in [0.25, 0.3) is 0 Å². The van der Waals surface area contributed by atoms with E-state index in [0.717, 1.165) is 0 Å². The predicted octanol–water partition coefficient (Wildman–Crippen LogP) is 2.30. The molecule has 0 bridgehead atoms. The van der Waals surface area contributed by atoms with E-state index in [1.54, 1.807) is 13.8 Å². The van der Waals surface area contributed by atoms with Gasteiger partial charge in [-0.25, -0.2) is 9.59 Å². The second kappa shape index (κ2) is 7.78. The third kappa shape index (κ3) is 4.14. The predicted molar refractivity (Wildman–Crippen MR) is 91.0 cm³/mol. The number of carbonyl (C=O) groups is 2. The van der Waals surface area contributed by atoms with E-state index in [4.69, 9.17) is 5.11 Å². The number of aryl methyl sites for hydroxylation is 4. The standard InChI is InChI=1S/C17H22N4O4/c1-4-20-15(17(24)25)13(12(3)19-20)8-6-5-7-9-21-14(16(22)23)10-11(2)18-21/h5-6,10H,4,7-9H2,1-3H3,(H,22,23)(H,24,25). The highest BCUT2D eigenvalue weighted by Gasteiger charge is 2.19. The molecular formula is C17H22N4O4. The van der Waals surface area contributed by atoms with Gasteiger partial charge in [0.15, 0.2) is 0 Å². The van der Waals surface area contributed by atoms with Crippen molar-refractivity contribution in [3.05, 3.63) is 46.6 Å². The second-order valence-corrected chi connectivity index (χ2v) is 5.70. The number of hydrogen-bond acceptors (Lipinski definition) is 4. The number of nitrogens with zero attached hydrogens (tertiary/aromatic N) is 4. The molecule has 0 aliphatic carbocycles. The SMILES string of the molecule is CCn1nc(C)c(CC=CCCn2nc(C)cc2C(=O)O)c1C(=O)O. The summed E-state index contributed by atoms with van der Waals surface area (Å²) < 4.78 is 2.96. The number of rotatable bonds is 8. The van der Waals surface area contributed by atoms with Crippen LogP contribution >= 0.6 is 0 Å². The Morgan fingerprint density at radius 1 is 1.12 bits per heavy atom. The average molecular weight is 346 g/mol. The number of carboxylic acid groups (broad SMARTS) is 2. The first-order valence-corrected chi connectivity index (χ1v) is 8.07. The van der Waals surface area contributed by atoms with E-state index >= 15 is 0 Å². The number of aromatic nitrogens is 4. The summed E-state index contributed by atoms with van der Waals surface area (Å²) in [6, 6.07) is 1.54. The molecule has 0 amide bonds. The summed E-state index contributed by atoms with van der Waals surface area (Å²) in [5.74, 6) is -1.98. The van der Waals surface area contributed by atoms with Gasteiger partial charge in [0.05, 0.1) is 11.4 Å². The van der Waals surface area contributed by atoms with Gasteiger partial charge < -0.3 is 10.2 Å². The van der Waals surface area contributed by atoms with Gasteiger partial charge in [-0.2, -0.15) is 10.2 Å². The molecule has 0 unspecified atom stereocenters. The number of allylic oxidation sites excluding steroid dienone is 2. The zero-order chi connectivity index (χ0) is 18.6. The van der Waals surface area contributed by atoms with E-state index in [1.165, 1.54) is 15.4 Å². The van der Waals surface area contributed by atoms with Crippen LogP contribution < -0.4 is 0 Å². The van der Waals surface area contributed by atoms with Crippen LogP contribution in [0.5, 0.6) is 0 Å². The topological polar surface area (TPSA) is 110 Å². The van der Waals surface area contributed by atoms with E-state index in [2.05, 4.69) is 10.2 Å². The van der Waals surface area contributed by atoms with E-state index < -0.39 is 11.9 Å². The Bertz CT molecular complexity index is 817. The largest absolute Gasteiger partial charge is 0.477 e. The highest BCUT2D eigenvalue weighted by Crippen LogP contribution is 2.16. The molecule has 25 heavy (non-hydrogen) atoms. The fraction of sp³-hybridized carbons (Fsp3) is 0.412. The lowest BCUT2D eigenvalue weighted by atomic mass is 10.1. The third-order valence-electron chi connectivity index (χ3n) is 3.87. The van der Waals surface area contributed by atoms with Crippen LogP contribution in [0.4, 0.5) is 0 Å². The van der Waals surface area contributed by atoms with Crippen LogP contribution in [0.2, 0.25) is 0 Å². The molecule has 2 aromatic rings. The quantitative estimate of drug-likeness (QED) is 0.710. The number of carboxylic acids is 2. The van der Waals surface area contributed by atoms with Gasteiger partial charge in [-0.05, 0) is 39.7 Å². The maximum Gasteiger partial charge on any atom is 0.354 e. The van der Waals surface area contributed by atoms with Crippen LogP contribution in [0.3, 0.4) is 0 Å². The second-order valence-electron chi connectivity index (χ2n) is 5.70. The Labute approximate surface area is 145 Å². The summed E-state index contributed by atoms with van der Waals surface area (Å²) in [7, 11) is 0. The van der Waals surface area contributed by atoms with Crippen molar-refractivity contribution in [3.8, 4) is 0 Å². The Morgan fingerprint density at radius 2 is 1.84 bits per heavy atom. The normalized spacial score (nSPS) is 11.3. The molecule has 0 atom stereocenters. The van der Waals surface area contributed by atoms with Crippen LogP contribution in [-0.2, 0) is 19.5 Å². The fourth-order valence-electron chi connectivity index (χ4n) is 2.74. The van der Waals surface area contributed by atoms with Crippen molar-refractivity contribution < 1.29 is 19.8 Å². The van der Waals surface area contributed by atoms with E-state index in [-0.39, 0.29) is 11.4 Å². The monoisotopic (exact) mass is 346 g/mol. The molecule has 0 saturated heterocycles. The summed E-state index contributed by atoms with van der Waals surface area (Å²) >= 11 is 0. The molecule has 0 fully saturated rings. The Balaban J connectivity index is 2.02. The van der Waals surface area contributed by atoms with Crippen molar-refractivity contribution in [3.63, 3.8) is 0 Å². The van der Waals surface area contributed by atoms with Gasteiger partial charge in [0.2, 0.25) is 0 Å². The molecule has 2 heterocycles. The highest BCUT2D eigenvalue weighted by molar-refractivity contribution is 5.88. The summed E-state index contributed by atoms with van der Waals surface area (Å²) in [5.41, 5.74) is 2.46. The minimum absolute atomic E-state index is 0.166. The number of hydrogen-bond donors (Lipinski definition) is 2. The fourth-order valence-corrected chi connectivity index (χ4v) is 2.74. The summed E-state index contributed by atoms with van der Waals surface area (Å²) in [5, 5.41) is 26.9. The van der Waals surface area contributed by atoms with Crippen LogP contribution in [0.1, 0.15) is 51.3 Å². The first-order valence-electron chi connectivity index (χ1n) is 8.07. The van der Waals surface area contributed by atoms with Gasteiger partial charge in [-0.3, -0.25) is 9.36 Å². The lowest BCUT2D eigenvalue weighted by molar-refractivity contribution is 0.0672. The van der Waals surface area contributed by atoms with Crippen LogP contribution in [0.15, 0.2) is 18.2 Å². The van der Waals surface area contributed by atoms with Crippen LogP contribution in [0, 0.1) is 13.8 Å². The maximum absolute atomic E-state index is 11.4. The van der Waals surface area contributed by atoms with Crippen molar-refractivity contribution in [1.29, 1.82) is 0 Å². The minimum Gasteiger partial charge on any atom is -0.477 e. The number of aromatic carboxylic acids is 2. The van der Waals surface area contributed by atoms with Gasteiger partial charge in [0, 0.05) is 18.7 Å². The molecule has 8 heteroatoms. The molecular weight excluding hydrogens is 324 g/mol. The Hall–Kier alpha value is -2.90. The van der Waals surface area contributed by atoms with Crippen molar-refractivity contribution >= 4 is 11.9 Å².